The number of hydrogen-bond acceptors (Lipinski definition) is 3. The second-order valence-electron chi connectivity index (χ2n) is 8.02. The molecule has 1 atom stereocenters. The molecule has 0 heterocycles. The Kier molecular flexibility index (Phi) is 23.8. The predicted molar refractivity (Wildman–Crippen MR) is 197 cm³/mol. The highest BCUT2D eigenvalue weighted by molar-refractivity contribution is 9.10. The molecule has 46 heavy (non-hydrogen) atoms. The van der Waals surface area contributed by atoms with Crippen LogP contribution in [0.4, 0.5) is 13.2 Å². The second kappa shape index (κ2) is 23.9. The van der Waals surface area contributed by atoms with Gasteiger partial charge in [-0.15, -0.1) is 0 Å². The van der Waals surface area contributed by atoms with Gasteiger partial charge in [-0.05, 0) is 70.1 Å². The quantitative estimate of drug-likeness (QED) is 0.142. The van der Waals surface area contributed by atoms with E-state index in [0.29, 0.717) is 0 Å². The SMILES string of the molecule is Brc1ccc2c(c1)-c1ccccc1C2.CC.CC.CC.CC.CS(=O)c1ccc(Br)cc1-c1ccccc1.O=S(=O)(O)C(F)(F)F. The Labute approximate surface area is 293 Å². The molecule has 1 N–H and O–H groups in total. The van der Waals surface area contributed by atoms with E-state index in [-0.39, 0.29) is 0 Å². The minimum atomic E-state index is -5.84. The molecule has 5 rings (SSSR count). The van der Waals surface area contributed by atoms with E-state index in [1.807, 2.05) is 104 Å². The van der Waals surface area contributed by atoms with Crippen molar-refractivity contribution in [3.05, 3.63) is 111 Å². The van der Waals surface area contributed by atoms with E-state index in [2.05, 4.69) is 74.3 Å². The van der Waals surface area contributed by atoms with Crippen molar-refractivity contribution in [2.45, 2.75) is 72.2 Å². The summed E-state index contributed by atoms with van der Waals surface area (Å²) in [5, 5.41) is 0. The Morgan fingerprint density at radius 1 is 0.652 bits per heavy atom. The summed E-state index contributed by atoms with van der Waals surface area (Å²) in [4.78, 5) is 0.870. The van der Waals surface area contributed by atoms with Gasteiger partial charge in [0, 0.05) is 20.1 Å². The summed E-state index contributed by atoms with van der Waals surface area (Å²) in [5.74, 6) is 0. The highest BCUT2D eigenvalue weighted by Gasteiger charge is 2.44. The molecule has 256 valence electrons. The van der Waals surface area contributed by atoms with Crippen LogP contribution in [0.5, 0.6) is 0 Å². The predicted octanol–water partition coefficient (Wildman–Crippen LogP) is 12.4. The van der Waals surface area contributed by atoms with E-state index in [1.54, 1.807) is 6.26 Å². The summed E-state index contributed by atoms with van der Waals surface area (Å²) in [6.07, 6.45) is 2.79. The molecule has 0 bridgehead atoms. The molecule has 0 saturated heterocycles. The van der Waals surface area contributed by atoms with Crippen molar-refractivity contribution in [3.8, 4) is 22.3 Å². The largest absolute Gasteiger partial charge is 0.522 e. The standard InChI is InChI=1S/C13H11BrOS.C13H9Br.4C2H6.CHF3O3S/c1-16(15)13-8-7-11(14)9-12(13)10-5-3-2-4-6-10;14-11-6-5-10-7-9-3-1-2-4-12(9)13(10)8-11;4*1-2;2-1(3,4)8(5,6)7/h2-9H,1H3;1-6,8H,7H2;4*1-2H3;(H,5,6,7). The summed E-state index contributed by atoms with van der Waals surface area (Å²) in [6, 6.07) is 31.0. The summed E-state index contributed by atoms with van der Waals surface area (Å²) in [7, 11) is -6.81. The van der Waals surface area contributed by atoms with Crippen molar-refractivity contribution in [2.75, 3.05) is 6.26 Å². The van der Waals surface area contributed by atoms with Gasteiger partial charge >= 0.3 is 15.6 Å². The number of fused-ring (bicyclic) bond motifs is 3. The van der Waals surface area contributed by atoms with Gasteiger partial charge in [0.25, 0.3) is 0 Å². The number of hydrogen-bond donors (Lipinski definition) is 1. The molecule has 4 aromatic rings. The summed E-state index contributed by atoms with van der Waals surface area (Å²) in [6.45, 7) is 16.0. The van der Waals surface area contributed by atoms with Crippen LogP contribution in [0.15, 0.2) is 105 Å². The van der Waals surface area contributed by atoms with E-state index < -0.39 is 26.4 Å². The molecule has 0 spiro atoms. The Hall–Kier alpha value is -2.31. The van der Waals surface area contributed by atoms with Gasteiger partial charge in [0.1, 0.15) is 0 Å². The zero-order valence-electron chi connectivity index (χ0n) is 27.7. The monoisotopic (exact) mass is 808 g/mol. The molecular weight excluding hydrogens is 765 g/mol. The summed E-state index contributed by atoms with van der Waals surface area (Å²) in [5.41, 5.74) is 2.24. The van der Waals surface area contributed by atoms with Gasteiger partial charge in [-0.3, -0.25) is 8.76 Å². The van der Waals surface area contributed by atoms with Crippen LogP contribution in [0.25, 0.3) is 22.3 Å². The zero-order valence-corrected chi connectivity index (χ0v) is 32.6. The third kappa shape index (κ3) is 15.1. The molecule has 4 aromatic carbocycles. The van der Waals surface area contributed by atoms with E-state index in [1.165, 1.54) is 22.3 Å². The number of halogens is 5. The molecule has 4 nitrogen and oxygen atoms in total. The highest BCUT2D eigenvalue weighted by Crippen LogP contribution is 2.37. The lowest BCUT2D eigenvalue weighted by Crippen LogP contribution is -2.21. The number of rotatable bonds is 2. The first-order valence-electron chi connectivity index (χ1n) is 14.9. The van der Waals surface area contributed by atoms with Crippen LogP contribution >= 0.6 is 31.9 Å². The van der Waals surface area contributed by atoms with Gasteiger partial charge in [-0.1, -0.05) is 148 Å². The first-order chi connectivity index (χ1) is 21.8. The van der Waals surface area contributed by atoms with Crippen LogP contribution < -0.4 is 0 Å². The topological polar surface area (TPSA) is 71.4 Å². The van der Waals surface area contributed by atoms with Crippen LogP contribution in [0.1, 0.15) is 66.5 Å². The lowest BCUT2D eigenvalue weighted by Gasteiger charge is -2.07. The molecule has 1 unspecified atom stereocenters. The lowest BCUT2D eigenvalue weighted by molar-refractivity contribution is -0.0510. The van der Waals surface area contributed by atoms with Crippen molar-refractivity contribution in [1.82, 2.24) is 0 Å². The first-order valence-corrected chi connectivity index (χ1v) is 19.4. The molecule has 0 amide bonds. The molecule has 1 aliphatic rings. The Balaban J connectivity index is 0. The van der Waals surface area contributed by atoms with Gasteiger partial charge in [-0.25, -0.2) is 0 Å². The Bertz CT molecular complexity index is 1560. The van der Waals surface area contributed by atoms with Crippen LogP contribution in [0, 0.1) is 0 Å². The molecule has 1 aliphatic carbocycles. The molecule has 0 aliphatic heterocycles. The van der Waals surface area contributed by atoms with Crippen molar-refractivity contribution in [1.29, 1.82) is 0 Å². The second-order valence-corrected chi connectivity index (χ2v) is 12.6. The van der Waals surface area contributed by atoms with E-state index >= 15 is 0 Å². The maximum atomic E-state index is 11.6. The lowest BCUT2D eigenvalue weighted by atomic mass is 10.1. The zero-order chi connectivity index (χ0) is 36.1. The van der Waals surface area contributed by atoms with Crippen LogP contribution in [0.3, 0.4) is 0 Å². The molecule has 0 aromatic heterocycles. The van der Waals surface area contributed by atoms with Gasteiger partial charge in [0.05, 0.1) is 10.8 Å². The van der Waals surface area contributed by atoms with E-state index in [4.69, 9.17) is 13.0 Å². The van der Waals surface area contributed by atoms with Gasteiger partial charge in [-0.2, -0.15) is 21.6 Å². The number of alkyl halides is 3. The summed E-state index contributed by atoms with van der Waals surface area (Å²) >= 11 is 6.96. The summed E-state index contributed by atoms with van der Waals surface area (Å²) < 4.78 is 71.3. The van der Waals surface area contributed by atoms with E-state index in [9.17, 15) is 17.4 Å². The van der Waals surface area contributed by atoms with Crippen LogP contribution in [-0.4, -0.2) is 28.9 Å². The smallest absolute Gasteiger partial charge is 0.279 e. The van der Waals surface area contributed by atoms with Crippen LogP contribution in [0.2, 0.25) is 0 Å². The third-order valence-electron chi connectivity index (χ3n) is 5.39. The minimum absolute atomic E-state index is 0.870. The number of benzene rings is 4. The fraction of sp³-hybridized carbons (Fsp3) is 0.314. The average molecular weight is 811 g/mol. The molecule has 0 fully saturated rings. The first kappa shape index (κ1) is 45.8. The van der Waals surface area contributed by atoms with Gasteiger partial charge < -0.3 is 0 Å². The maximum absolute atomic E-state index is 11.6. The minimum Gasteiger partial charge on any atom is -0.279 e. The van der Waals surface area contributed by atoms with Crippen molar-refractivity contribution >= 4 is 52.8 Å². The highest BCUT2D eigenvalue weighted by atomic mass is 79.9. The molecule has 11 heteroatoms. The average Bonchev–Trinajstić information content (AvgIpc) is 3.42. The van der Waals surface area contributed by atoms with Crippen LogP contribution in [-0.2, 0) is 27.3 Å². The van der Waals surface area contributed by atoms with Gasteiger partial charge in [0.15, 0.2) is 0 Å². The Morgan fingerprint density at radius 3 is 1.54 bits per heavy atom. The fourth-order valence-corrected chi connectivity index (χ4v) is 5.16. The molecular formula is C35H45Br2F3O4S2. The Morgan fingerprint density at radius 2 is 1.07 bits per heavy atom. The molecule has 0 radical (unpaired) electrons. The third-order valence-corrected chi connectivity index (χ3v) is 7.94. The van der Waals surface area contributed by atoms with E-state index in [0.717, 1.165) is 31.4 Å². The van der Waals surface area contributed by atoms with Crippen molar-refractivity contribution in [2.24, 2.45) is 0 Å². The fourth-order valence-electron chi connectivity index (χ4n) is 3.69. The maximum Gasteiger partial charge on any atom is 0.522 e. The van der Waals surface area contributed by atoms with Gasteiger partial charge in [0.2, 0.25) is 0 Å². The van der Waals surface area contributed by atoms with Crippen molar-refractivity contribution < 1.29 is 30.4 Å². The van der Waals surface area contributed by atoms with Crippen molar-refractivity contribution in [3.63, 3.8) is 0 Å². The molecule has 0 saturated carbocycles. The normalized spacial score (nSPS) is 11.0.